The molecule has 0 amide bonds. The Labute approximate surface area is 116 Å². The summed E-state index contributed by atoms with van der Waals surface area (Å²) in [6, 6.07) is 1.44. The number of H-pyrrole nitrogens is 1. The summed E-state index contributed by atoms with van der Waals surface area (Å²) in [4.78, 5) is 29.4. The van der Waals surface area contributed by atoms with E-state index in [0.717, 1.165) is 0 Å². The van der Waals surface area contributed by atoms with Gasteiger partial charge in [0.1, 0.15) is 5.54 Å². The van der Waals surface area contributed by atoms with Gasteiger partial charge < -0.3 is 10.1 Å². The third kappa shape index (κ3) is 4.68. The zero-order valence-corrected chi connectivity index (χ0v) is 12.3. The molecular formula is C12H19N3O3S. The number of nitrogens with zero attached hydrogens (tertiary/aromatic N) is 1. The molecule has 3 N–H and O–H groups in total. The Kier molecular flexibility index (Phi) is 5.13. The molecule has 19 heavy (non-hydrogen) atoms. The van der Waals surface area contributed by atoms with Crippen molar-refractivity contribution in [1.29, 1.82) is 0 Å². The number of carbonyl (C=O) groups is 1. The van der Waals surface area contributed by atoms with E-state index >= 15 is 0 Å². The van der Waals surface area contributed by atoms with Gasteiger partial charge in [-0.05, 0) is 27.7 Å². The van der Waals surface area contributed by atoms with E-state index in [1.54, 1.807) is 13.8 Å². The summed E-state index contributed by atoms with van der Waals surface area (Å²) in [5.74, 6) is -0.656. The lowest BCUT2D eigenvalue weighted by atomic mass is 10.1. The number of thioether (sulfide) groups is 1. The van der Waals surface area contributed by atoms with Crippen LogP contribution in [0.25, 0.3) is 0 Å². The number of aliphatic carboxylic acids is 1. The van der Waals surface area contributed by atoms with Crippen molar-refractivity contribution < 1.29 is 9.90 Å². The number of aryl methyl sites for hydroxylation is 1. The summed E-state index contributed by atoms with van der Waals surface area (Å²) >= 11 is 1.22. The van der Waals surface area contributed by atoms with Crippen LogP contribution in [0.3, 0.4) is 0 Å². The predicted molar refractivity (Wildman–Crippen MR) is 74.6 cm³/mol. The fourth-order valence-electron chi connectivity index (χ4n) is 1.63. The van der Waals surface area contributed by atoms with Crippen LogP contribution in [0.2, 0.25) is 0 Å². The van der Waals surface area contributed by atoms with Crippen molar-refractivity contribution in [3.63, 3.8) is 0 Å². The molecule has 0 aliphatic rings. The molecule has 1 unspecified atom stereocenters. The number of hydrogen-bond donors (Lipinski definition) is 3. The van der Waals surface area contributed by atoms with Gasteiger partial charge in [0.25, 0.3) is 5.56 Å². The fourth-order valence-corrected chi connectivity index (χ4v) is 2.65. The van der Waals surface area contributed by atoms with Crippen LogP contribution in [-0.4, -0.2) is 38.4 Å². The summed E-state index contributed by atoms with van der Waals surface area (Å²) in [6.07, 6.45) is 0. The minimum absolute atomic E-state index is 0.0474. The van der Waals surface area contributed by atoms with Gasteiger partial charge >= 0.3 is 5.97 Å². The third-order valence-corrected chi connectivity index (χ3v) is 3.61. The first kappa shape index (κ1) is 15.7. The molecule has 1 heterocycles. The Morgan fingerprint density at radius 1 is 1.63 bits per heavy atom. The molecule has 106 valence electrons. The highest BCUT2D eigenvalue weighted by atomic mass is 32.2. The number of carboxylic acid groups (broad SMARTS) is 1. The van der Waals surface area contributed by atoms with Gasteiger partial charge in [-0.3, -0.25) is 14.9 Å². The number of carboxylic acids is 1. The fraction of sp³-hybridized carbons (Fsp3) is 0.583. The van der Waals surface area contributed by atoms with Gasteiger partial charge in [0.15, 0.2) is 5.16 Å². The van der Waals surface area contributed by atoms with Crippen LogP contribution in [0.5, 0.6) is 0 Å². The predicted octanol–water partition coefficient (Wildman–Crippen LogP) is 1.01. The minimum Gasteiger partial charge on any atom is -0.480 e. The molecule has 0 aliphatic carbocycles. The van der Waals surface area contributed by atoms with Crippen LogP contribution >= 0.6 is 11.8 Å². The normalized spacial score (nSPS) is 14.4. The van der Waals surface area contributed by atoms with Crippen LogP contribution in [0.1, 0.15) is 26.5 Å². The van der Waals surface area contributed by atoms with Gasteiger partial charge in [0, 0.05) is 23.6 Å². The molecule has 0 fully saturated rings. The molecule has 7 heteroatoms. The first-order valence-corrected chi connectivity index (χ1v) is 6.93. The first-order valence-electron chi connectivity index (χ1n) is 5.95. The highest BCUT2D eigenvalue weighted by Crippen LogP contribution is 2.19. The van der Waals surface area contributed by atoms with Crippen molar-refractivity contribution in [2.45, 2.75) is 44.4 Å². The van der Waals surface area contributed by atoms with Crippen LogP contribution in [0.15, 0.2) is 16.0 Å². The Bertz CT molecular complexity index is 515. The molecule has 0 aliphatic heterocycles. The van der Waals surface area contributed by atoms with Crippen molar-refractivity contribution in [3.8, 4) is 0 Å². The average Bonchev–Trinajstić information content (AvgIpc) is 2.24. The van der Waals surface area contributed by atoms with E-state index in [-0.39, 0.29) is 17.4 Å². The SMILES string of the molecule is Cc1cc(=O)[nH]c(SCC(C)(NC(C)C)C(=O)O)n1. The second kappa shape index (κ2) is 6.21. The van der Waals surface area contributed by atoms with Gasteiger partial charge in [-0.15, -0.1) is 0 Å². The summed E-state index contributed by atoms with van der Waals surface area (Å²) in [7, 11) is 0. The first-order chi connectivity index (χ1) is 8.73. The summed E-state index contributed by atoms with van der Waals surface area (Å²) < 4.78 is 0. The van der Waals surface area contributed by atoms with Crippen LogP contribution in [-0.2, 0) is 4.79 Å². The van der Waals surface area contributed by atoms with E-state index in [1.165, 1.54) is 17.8 Å². The highest BCUT2D eigenvalue weighted by molar-refractivity contribution is 7.99. The molecule has 0 bridgehead atoms. The molecule has 0 saturated carbocycles. The molecule has 0 aromatic carbocycles. The van der Waals surface area contributed by atoms with Gasteiger partial charge in [0.05, 0.1) is 0 Å². The molecule has 1 rings (SSSR count). The zero-order valence-electron chi connectivity index (χ0n) is 11.5. The second-order valence-corrected chi connectivity index (χ2v) is 5.88. The van der Waals surface area contributed by atoms with E-state index in [4.69, 9.17) is 0 Å². The number of hydrogen-bond acceptors (Lipinski definition) is 5. The number of rotatable bonds is 6. The van der Waals surface area contributed by atoms with Crippen molar-refractivity contribution in [3.05, 3.63) is 22.1 Å². The van der Waals surface area contributed by atoms with Crippen molar-refractivity contribution in [1.82, 2.24) is 15.3 Å². The Morgan fingerprint density at radius 2 is 2.26 bits per heavy atom. The van der Waals surface area contributed by atoms with Crippen LogP contribution < -0.4 is 10.9 Å². The van der Waals surface area contributed by atoms with E-state index in [0.29, 0.717) is 10.9 Å². The van der Waals surface area contributed by atoms with E-state index in [2.05, 4.69) is 15.3 Å². The molecule has 6 nitrogen and oxygen atoms in total. The molecule has 0 saturated heterocycles. The van der Waals surface area contributed by atoms with Crippen molar-refractivity contribution in [2.75, 3.05) is 5.75 Å². The lowest BCUT2D eigenvalue weighted by molar-refractivity contribution is -0.143. The lowest BCUT2D eigenvalue weighted by Crippen LogP contribution is -2.54. The highest BCUT2D eigenvalue weighted by Gasteiger charge is 2.33. The number of nitrogens with one attached hydrogen (secondary N) is 2. The summed E-state index contributed by atoms with van der Waals surface area (Å²) in [5.41, 5.74) is -0.690. The maximum absolute atomic E-state index is 11.3. The van der Waals surface area contributed by atoms with E-state index in [9.17, 15) is 14.7 Å². The smallest absolute Gasteiger partial charge is 0.324 e. The molecule has 0 radical (unpaired) electrons. The number of aromatic amines is 1. The molecule has 1 aromatic rings. The number of aromatic nitrogens is 2. The molecule has 1 aromatic heterocycles. The summed E-state index contributed by atoms with van der Waals surface area (Å²) in [6.45, 7) is 7.12. The van der Waals surface area contributed by atoms with Crippen LogP contribution in [0.4, 0.5) is 0 Å². The quantitative estimate of drug-likeness (QED) is 0.533. The topological polar surface area (TPSA) is 95.1 Å². The standard InChI is InChI=1S/C12H19N3O3S/c1-7(2)15-12(4,10(17)18)6-19-11-13-8(3)5-9(16)14-11/h5,7,15H,6H2,1-4H3,(H,17,18)(H,13,14,16). The lowest BCUT2D eigenvalue weighted by Gasteiger charge is -2.28. The van der Waals surface area contributed by atoms with Crippen molar-refractivity contribution >= 4 is 17.7 Å². The van der Waals surface area contributed by atoms with Gasteiger partial charge in [-0.25, -0.2) is 4.98 Å². The molecule has 0 spiro atoms. The average molecular weight is 285 g/mol. The maximum Gasteiger partial charge on any atom is 0.324 e. The van der Waals surface area contributed by atoms with Gasteiger partial charge in [-0.2, -0.15) is 0 Å². The maximum atomic E-state index is 11.3. The van der Waals surface area contributed by atoms with Gasteiger partial charge in [0.2, 0.25) is 0 Å². The largest absolute Gasteiger partial charge is 0.480 e. The Morgan fingerprint density at radius 3 is 2.74 bits per heavy atom. The molecule has 1 atom stereocenters. The third-order valence-electron chi connectivity index (χ3n) is 2.42. The minimum atomic E-state index is -1.07. The van der Waals surface area contributed by atoms with E-state index < -0.39 is 11.5 Å². The van der Waals surface area contributed by atoms with Gasteiger partial charge in [-0.1, -0.05) is 11.8 Å². The Balaban J connectivity index is 2.82. The Hall–Kier alpha value is -1.34. The van der Waals surface area contributed by atoms with Crippen LogP contribution in [0, 0.1) is 6.92 Å². The van der Waals surface area contributed by atoms with Crippen molar-refractivity contribution in [2.24, 2.45) is 0 Å². The monoisotopic (exact) mass is 285 g/mol. The second-order valence-electron chi connectivity index (χ2n) is 4.92. The molecular weight excluding hydrogens is 266 g/mol. The van der Waals surface area contributed by atoms with E-state index in [1.807, 2.05) is 13.8 Å². The zero-order chi connectivity index (χ0) is 14.6. The summed E-state index contributed by atoms with van der Waals surface area (Å²) in [5, 5.41) is 12.7.